The quantitative estimate of drug-likeness (QED) is 0.696. The van der Waals surface area contributed by atoms with Crippen LogP contribution in [0.15, 0.2) is 24.3 Å². The third-order valence-electron chi connectivity index (χ3n) is 5.62. The fourth-order valence-electron chi connectivity index (χ4n) is 4.65. The standard InChI is InChI=1S/C19H25N/c1-2-4-8-14(9-5-3-1)15-12-13-18-19(15)16-10-6-7-11-17(16)20-18/h6-7,10-11,14-15,20H,1-5,8-9,12-13H2. The number of hydrogen-bond acceptors (Lipinski definition) is 0. The number of H-pyrrole nitrogens is 1. The van der Waals surface area contributed by atoms with Crippen LogP contribution in [-0.2, 0) is 6.42 Å². The summed E-state index contributed by atoms with van der Waals surface area (Å²) in [5.74, 6) is 1.77. The number of nitrogens with one attached hydrogen (secondary N) is 1. The van der Waals surface area contributed by atoms with E-state index in [0.717, 1.165) is 11.8 Å². The van der Waals surface area contributed by atoms with Crippen molar-refractivity contribution >= 4 is 10.9 Å². The van der Waals surface area contributed by atoms with Gasteiger partial charge in [0.25, 0.3) is 0 Å². The van der Waals surface area contributed by atoms with Crippen LogP contribution < -0.4 is 0 Å². The second kappa shape index (κ2) is 5.27. The molecule has 0 spiro atoms. The minimum atomic E-state index is 0.833. The number of para-hydroxylation sites is 1. The Hall–Kier alpha value is -1.24. The summed E-state index contributed by atoms with van der Waals surface area (Å²) in [6.07, 6.45) is 12.9. The monoisotopic (exact) mass is 267 g/mol. The van der Waals surface area contributed by atoms with Crippen molar-refractivity contribution in [3.8, 4) is 0 Å². The minimum Gasteiger partial charge on any atom is -0.358 e. The lowest BCUT2D eigenvalue weighted by Crippen LogP contribution is -2.12. The summed E-state index contributed by atoms with van der Waals surface area (Å²) in [7, 11) is 0. The van der Waals surface area contributed by atoms with Gasteiger partial charge in [0.2, 0.25) is 0 Å². The SMILES string of the molecule is c1ccc2c3c([nH]c2c1)CCC3C1CCCCCCC1. The molecule has 2 aliphatic rings. The highest BCUT2D eigenvalue weighted by molar-refractivity contribution is 5.85. The second-order valence-corrected chi connectivity index (χ2v) is 6.81. The zero-order valence-corrected chi connectivity index (χ0v) is 12.3. The number of fused-ring (bicyclic) bond motifs is 3. The van der Waals surface area contributed by atoms with Gasteiger partial charge in [-0.1, -0.05) is 50.3 Å². The normalized spacial score (nSPS) is 24.5. The van der Waals surface area contributed by atoms with Gasteiger partial charge in [-0.3, -0.25) is 0 Å². The molecule has 1 aromatic carbocycles. The van der Waals surface area contributed by atoms with Crippen molar-refractivity contribution in [1.82, 2.24) is 4.98 Å². The summed E-state index contributed by atoms with van der Waals surface area (Å²) < 4.78 is 0. The van der Waals surface area contributed by atoms with Crippen molar-refractivity contribution in [3.63, 3.8) is 0 Å². The Labute approximate surface area is 121 Å². The van der Waals surface area contributed by atoms with Gasteiger partial charge in [-0.2, -0.15) is 0 Å². The number of benzene rings is 1. The van der Waals surface area contributed by atoms with Crippen molar-refractivity contribution in [2.75, 3.05) is 0 Å². The molecule has 0 saturated heterocycles. The van der Waals surface area contributed by atoms with E-state index in [2.05, 4.69) is 29.2 Å². The Balaban J connectivity index is 1.68. The molecule has 1 nitrogen and oxygen atoms in total. The fraction of sp³-hybridized carbons (Fsp3) is 0.579. The Kier molecular flexibility index (Phi) is 3.29. The molecule has 0 radical (unpaired) electrons. The van der Waals surface area contributed by atoms with Gasteiger partial charge in [0.15, 0.2) is 0 Å². The summed E-state index contributed by atoms with van der Waals surface area (Å²) in [4.78, 5) is 3.67. The van der Waals surface area contributed by atoms with Gasteiger partial charge in [0.1, 0.15) is 0 Å². The summed E-state index contributed by atoms with van der Waals surface area (Å²) in [6, 6.07) is 8.91. The molecule has 1 aromatic heterocycles. The fourth-order valence-corrected chi connectivity index (χ4v) is 4.65. The van der Waals surface area contributed by atoms with Crippen molar-refractivity contribution in [2.24, 2.45) is 5.92 Å². The van der Waals surface area contributed by atoms with Gasteiger partial charge in [-0.15, -0.1) is 0 Å². The number of aromatic nitrogens is 1. The highest BCUT2D eigenvalue weighted by atomic mass is 14.7. The van der Waals surface area contributed by atoms with Crippen LogP contribution in [0.4, 0.5) is 0 Å². The highest BCUT2D eigenvalue weighted by Crippen LogP contribution is 2.46. The Morgan fingerprint density at radius 1 is 0.850 bits per heavy atom. The van der Waals surface area contributed by atoms with Crippen molar-refractivity contribution in [2.45, 2.75) is 63.7 Å². The molecule has 106 valence electrons. The maximum Gasteiger partial charge on any atom is 0.0459 e. The van der Waals surface area contributed by atoms with Crippen LogP contribution in [0.1, 0.15) is 68.5 Å². The van der Waals surface area contributed by atoms with E-state index in [1.807, 2.05) is 0 Å². The first kappa shape index (κ1) is 12.5. The lowest BCUT2D eigenvalue weighted by Gasteiger charge is -2.26. The van der Waals surface area contributed by atoms with Gasteiger partial charge < -0.3 is 4.98 Å². The van der Waals surface area contributed by atoms with Crippen LogP contribution >= 0.6 is 0 Å². The van der Waals surface area contributed by atoms with Crippen LogP contribution in [-0.4, -0.2) is 4.98 Å². The molecule has 1 saturated carbocycles. The molecule has 1 heterocycles. The molecular weight excluding hydrogens is 242 g/mol. The van der Waals surface area contributed by atoms with Crippen LogP contribution in [0.5, 0.6) is 0 Å². The Morgan fingerprint density at radius 2 is 1.60 bits per heavy atom. The largest absolute Gasteiger partial charge is 0.358 e. The molecule has 0 aliphatic heterocycles. The summed E-state index contributed by atoms with van der Waals surface area (Å²) in [5.41, 5.74) is 4.58. The molecule has 1 unspecified atom stereocenters. The average molecular weight is 267 g/mol. The van der Waals surface area contributed by atoms with E-state index in [9.17, 15) is 0 Å². The first-order valence-corrected chi connectivity index (χ1v) is 8.53. The van der Waals surface area contributed by atoms with E-state index in [1.54, 1.807) is 11.3 Å². The average Bonchev–Trinajstić information content (AvgIpc) is 2.97. The number of aromatic amines is 1. The zero-order valence-electron chi connectivity index (χ0n) is 12.3. The number of hydrogen-bond donors (Lipinski definition) is 1. The smallest absolute Gasteiger partial charge is 0.0459 e. The van der Waals surface area contributed by atoms with E-state index in [1.165, 1.54) is 68.7 Å². The van der Waals surface area contributed by atoms with Crippen molar-refractivity contribution in [1.29, 1.82) is 0 Å². The minimum absolute atomic E-state index is 0.833. The molecule has 2 aliphatic carbocycles. The molecule has 2 aromatic rings. The van der Waals surface area contributed by atoms with E-state index < -0.39 is 0 Å². The van der Waals surface area contributed by atoms with Crippen molar-refractivity contribution in [3.05, 3.63) is 35.5 Å². The van der Waals surface area contributed by atoms with Gasteiger partial charge >= 0.3 is 0 Å². The summed E-state index contributed by atoms with van der Waals surface area (Å²) in [6.45, 7) is 0. The van der Waals surface area contributed by atoms with E-state index in [-0.39, 0.29) is 0 Å². The van der Waals surface area contributed by atoms with Gasteiger partial charge in [-0.25, -0.2) is 0 Å². The molecule has 1 heteroatoms. The van der Waals surface area contributed by atoms with Gasteiger partial charge in [-0.05, 0) is 49.1 Å². The predicted molar refractivity (Wildman–Crippen MR) is 85.2 cm³/mol. The first-order chi connectivity index (χ1) is 9.93. The Morgan fingerprint density at radius 3 is 2.45 bits per heavy atom. The molecule has 1 atom stereocenters. The number of aryl methyl sites for hydroxylation is 1. The van der Waals surface area contributed by atoms with Gasteiger partial charge in [0, 0.05) is 16.6 Å². The molecular formula is C19H25N. The molecule has 20 heavy (non-hydrogen) atoms. The van der Waals surface area contributed by atoms with E-state index in [4.69, 9.17) is 0 Å². The topological polar surface area (TPSA) is 15.8 Å². The number of rotatable bonds is 1. The summed E-state index contributed by atoms with van der Waals surface area (Å²) >= 11 is 0. The van der Waals surface area contributed by atoms with Crippen LogP contribution in [0.3, 0.4) is 0 Å². The zero-order chi connectivity index (χ0) is 13.4. The molecule has 0 amide bonds. The third kappa shape index (κ3) is 2.08. The molecule has 1 N–H and O–H groups in total. The van der Waals surface area contributed by atoms with E-state index in [0.29, 0.717) is 0 Å². The molecule has 1 fully saturated rings. The third-order valence-corrected chi connectivity index (χ3v) is 5.62. The lowest BCUT2D eigenvalue weighted by atomic mass is 9.79. The molecule has 0 bridgehead atoms. The van der Waals surface area contributed by atoms with Crippen LogP contribution in [0.2, 0.25) is 0 Å². The van der Waals surface area contributed by atoms with Crippen LogP contribution in [0.25, 0.3) is 10.9 Å². The van der Waals surface area contributed by atoms with Gasteiger partial charge in [0.05, 0.1) is 0 Å². The maximum absolute atomic E-state index is 3.67. The van der Waals surface area contributed by atoms with Crippen LogP contribution in [0, 0.1) is 5.92 Å². The van der Waals surface area contributed by atoms with E-state index >= 15 is 0 Å². The summed E-state index contributed by atoms with van der Waals surface area (Å²) in [5, 5.41) is 1.51. The highest BCUT2D eigenvalue weighted by Gasteiger charge is 2.32. The first-order valence-electron chi connectivity index (χ1n) is 8.53. The predicted octanol–water partition coefficient (Wildman–Crippen LogP) is 5.56. The maximum atomic E-state index is 3.67. The van der Waals surface area contributed by atoms with Crippen molar-refractivity contribution < 1.29 is 0 Å². The lowest BCUT2D eigenvalue weighted by molar-refractivity contribution is 0.323. The second-order valence-electron chi connectivity index (χ2n) is 6.81. The molecule has 4 rings (SSSR count). The Bertz CT molecular complexity index is 587.